The summed E-state index contributed by atoms with van der Waals surface area (Å²) in [6.45, 7) is 2.33. The standard InChI is InChI=1S/C13H14ClFN2O3/c1-7-5-17(6-9(7)12(18)19)13(20)16-8-2-3-11(15)10(14)4-8/h2-4,7,9H,5-6H2,1H3,(H,16,20)(H,18,19). The van der Waals surface area contributed by atoms with Crippen molar-refractivity contribution in [2.45, 2.75) is 6.92 Å². The summed E-state index contributed by atoms with van der Waals surface area (Å²) in [4.78, 5) is 24.4. The third-order valence-corrected chi connectivity index (χ3v) is 3.68. The van der Waals surface area contributed by atoms with Crippen molar-refractivity contribution in [3.05, 3.63) is 29.0 Å². The third kappa shape index (κ3) is 3.01. The van der Waals surface area contributed by atoms with Gasteiger partial charge in [0.05, 0.1) is 10.9 Å². The molecule has 7 heteroatoms. The zero-order chi connectivity index (χ0) is 14.9. The minimum atomic E-state index is -0.905. The van der Waals surface area contributed by atoms with Crippen molar-refractivity contribution >= 4 is 29.3 Å². The van der Waals surface area contributed by atoms with Crippen molar-refractivity contribution in [2.24, 2.45) is 11.8 Å². The molecule has 1 aromatic carbocycles. The van der Waals surface area contributed by atoms with Gasteiger partial charge >= 0.3 is 12.0 Å². The number of hydrogen-bond donors (Lipinski definition) is 2. The molecule has 1 aliphatic heterocycles. The van der Waals surface area contributed by atoms with E-state index in [4.69, 9.17) is 16.7 Å². The van der Waals surface area contributed by atoms with E-state index in [0.717, 1.165) is 6.07 Å². The molecule has 2 N–H and O–H groups in total. The Balaban J connectivity index is 2.02. The average Bonchev–Trinajstić information content (AvgIpc) is 2.76. The van der Waals surface area contributed by atoms with Crippen molar-refractivity contribution in [3.63, 3.8) is 0 Å². The maximum Gasteiger partial charge on any atom is 0.321 e. The zero-order valence-corrected chi connectivity index (χ0v) is 11.5. The van der Waals surface area contributed by atoms with Crippen LogP contribution in [0.15, 0.2) is 18.2 Å². The number of amides is 2. The number of nitrogens with one attached hydrogen (secondary N) is 1. The number of likely N-dealkylation sites (tertiary alicyclic amines) is 1. The Kier molecular flexibility index (Phi) is 4.13. The summed E-state index contributed by atoms with van der Waals surface area (Å²) in [5.41, 5.74) is 0.368. The highest BCUT2D eigenvalue weighted by molar-refractivity contribution is 6.31. The highest BCUT2D eigenvalue weighted by Crippen LogP contribution is 2.25. The van der Waals surface area contributed by atoms with Gasteiger partial charge in [0.1, 0.15) is 5.82 Å². The molecular weight excluding hydrogens is 287 g/mol. The lowest BCUT2D eigenvalue weighted by atomic mass is 9.99. The van der Waals surface area contributed by atoms with Crippen LogP contribution < -0.4 is 5.32 Å². The number of aliphatic carboxylic acids is 1. The van der Waals surface area contributed by atoms with Gasteiger partial charge in [-0.25, -0.2) is 9.18 Å². The molecule has 1 fully saturated rings. The summed E-state index contributed by atoms with van der Waals surface area (Å²) in [7, 11) is 0. The largest absolute Gasteiger partial charge is 0.481 e. The highest BCUT2D eigenvalue weighted by Gasteiger charge is 2.36. The summed E-state index contributed by atoms with van der Waals surface area (Å²) in [5, 5.41) is 11.5. The van der Waals surface area contributed by atoms with Gasteiger partial charge in [0.25, 0.3) is 0 Å². The molecular formula is C13H14ClFN2O3. The van der Waals surface area contributed by atoms with E-state index < -0.39 is 23.7 Å². The Hall–Kier alpha value is -1.82. The Labute approximate surface area is 120 Å². The van der Waals surface area contributed by atoms with Gasteiger partial charge in [-0.05, 0) is 24.1 Å². The quantitative estimate of drug-likeness (QED) is 0.882. The van der Waals surface area contributed by atoms with Crippen LogP contribution in [0, 0.1) is 17.7 Å². The van der Waals surface area contributed by atoms with E-state index in [2.05, 4.69) is 5.32 Å². The normalized spacial score (nSPS) is 21.9. The maximum atomic E-state index is 13.0. The first-order valence-electron chi connectivity index (χ1n) is 6.12. The Morgan fingerprint density at radius 3 is 2.70 bits per heavy atom. The maximum absolute atomic E-state index is 13.0. The van der Waals surface area contributed by atoms with Gasteiger partial charge in [0, 0.05) is 18.8 Å². The molecule has 5 nitrogen and oxygen atoms in total. The molecule has 2 unspecified atom stereocenters. The van der Waals surface area contributed by atoms with Gasteiger partial charge < -0.3 is 15.3 Å². The van der Waals surface area contributed by atoms with Crippen LogP contribution in [0.2, 0.25) is 5.02 Å². The molecule has 2 amide bonds. The minimum absolute atomic E-state index is 0.0824. The summed E-state index contributed by atoms with van der Waals surface area (Å²) in [6, 6.07) is 3.45. The lowest BCUT2D eigenvalue weighted by Crippen LogP contribution is -2.33. The van der Waals surface area contributed by atoms with Crippen LogP contribution >= 0.6 is 11.6 Å². The predicted octanol–water partition coefficient (Wildman–Crippen LogP) is 2.66. The molecule has 0 spiro atoms. The van der Waals surface area contributed by atoms with Gasteiger partial charge in [-0.15, -0.1) is 0 Å². The van der Waals surface area contributed by atoms with E-state index in [1.165, 1.54) is 17.0 Å². The van der Waals surface area contributed by atoms with Gasteiger partial charge in [-0.3, -0.25) is 4.79 Å². The molecule has 1 heterocycles. The van der Waals surface area contributed by atoms with E-state index >= 15 is 0 Å². The van der Waals surface area contributed by atoms with Crippen molar-refractivity contribution in [3.8, 4) is 0 Å². The first-order valence-corrected chi connectivity index (χ1v) is 6.50. The van der Waals surface area contributed by atoms with E-state index in [9.17, 15) is 14.0 Å². The van der Waals surface area contributed by atoms with E-state index in [1.807, 2.05) is 0 Å². The second-order valence-corrected chi connectivity index (χ2v) is 5.29. The second-order valence-electron chi connectivity index (χ2n) is 4.89. The molecule has 0 radical (unpaired) electrons. The first kappa shape index (κ1) is 14.6. The molecule has 0 aromatic heterocycles. The number of rotatable bonds is 2. The fraction of sp³-hybridized carbons (Fsp3) is 0.385. The molecule has 0 aliphatic carbocycles. The molecule has 108 valence electrons. The number of benzene rings is 1. The monoisotopic (exact) mass is 300 g/mol. The molecule has 2 atom stereocenters. The molecule has 1 aromatic rings. The van der Waals surface area contributed by atoms with Crippen molar-refractivity contribution in [1.82, 2.24) is 4.90 Å². The topological polar surface area (TPSA) is 69.6 Å². The van der Waals surface area contributed by atoms with E-state index in [-0.39, 0.29) is 17.5 Å². The first-order chi connectivity index (χ1) is 9.38. The van der Waals surface area contributed by atoms with Crippen molar-refractivity contribution < 1.29 is 19.1 Å². The molecule has 0 bridgehead atoms. The number of hydrogen-bond acceptors (Lipinski definition) is 2. The second kappa shape index (κ2) is 5.66. The molecule has 0 saturated carbocycles. The Morgan fingerprint density at radius 1 is 1.45 bits per heavy atom. The minimum Gasteiger partial charge on any atom is -0.481 e. The van der Waals surface area contributed by atoms with Gasteiger partial charge in [0.2, 0.25) is 0 Å². The summed E-state index contributed by atoms with van der Waals surface area (Å²) >= 11 is 5.63. The number of halogens is 2. The fourth-order valence-electron chi connectivity index (χ4n) is 2.23. The number of carbonyl (C=O) groups excluding carboxylic acids is 1. The van der Waals surface area contributed by atoms with Gasteiger partial charge in [-0.1, -0.05) is 18.5 Å². The van der Waals surface area contributed by atoms with Crippen LogP contribution in [0.1, 0.15) is 6.92 Å². The number of carboxylic acid groups (broad SMARTS) is 1. The average molecular weight is 301 g/mol. The van der Waals surface area contributed by atoms with Crippen LogP contribution in [0.5, 0.6) is 0 Å². The third-order valence-electron chi connectivity index (χ3n) is 3.39. The van der Waals surface area contributed by atoms with Crippen LogP contribution in [0.4, 0.5) is 14.9 Å². The van der Waals surface area contributed by atoms with E-state index in [1.54, 1.807) is 6.92 Å². The highest BCUT2D eigenvalue weighted by atomic mass is 35.5. The SMILES string of the molecule is CC1CN(C(=O)Nc2ccc(F)c(Cl)c2)CC1C(=O)O. The van der Waals surface area contributed by atoms with Gasteiger partial charge in [0.15, 0.2) is 0 Å². The van der Waals surface area contributed by atoms with Crippen molar-refractivity contribution in [2.75, 3.05) is 18.4 Å². The fourth-order valence-corrected chi connectivity index (χ4v) is 2.41. The number of carboxylic acids is 1. The Bertz CT molecular complexity index is 552. The number of nitrogens with zero attached hydrogens (tertiary/aromatic N) is 1. The summed E-state index contributed by atoms with van der Waals surface area (Å²) in [5.74, 6) is -2.13. The van der Waals surface area contributed by atoms with Crippen LogP contribution in [-0.2, 0) is 4.79 Å². The summed E-state index contributed by atoms with van der Waals surface area (Å²) in [6.07, 6.45) is 0. The lowest BCUT2D eigenvalue weighted by Gasteiger charge is -2.17. The number of anilines is 1. The number of urea groups is 1. The molecule has 1 aliphatic rings. The van der Waals surface area contributed by atoms with Gasteiger partial charge in [-0.2, -0.15) is 0 Å². The van der Waals surface area contributed by atoms with E-state index in [0.29, 0.717) is 12.2 Å². The lowest BCUT2D eigenvalue weighted by molar-refractivity contribution is -0.142. The van der Waals surface area contributed by atoms with Crippen LogP contribution in [0.3, 0.4) is 0 Å². The van der Waals surface area contributed by atoms with Crippen LogP contribution in [-0.4, -0.2) is 35.1 Å². The zero-order valence-electron chi connectivity index (χ0n) is 10.8. The summed E-state index contributed by atoms with van der Waals surface area (Å²) < 4.78 is 13.0. The smallest absolute Gasteiger partial charge is 0.321 e. The molecule has 1 saturated heterocycles. The molecule has 20 heavy (non-hydrogen) atoms. The number of carbonyl (C=O) groups is 2. The van der Waals surface area contributed by atoms with Crippen LogP contribution in [0.25, 0.3) is 0 Å². The molecule has 2 rings (SSSR count). The predicted molar refractivity (Wildman–Crippen MR) is 72.3 cm³/mol. The Morgan fingerprint density at radius 2 is 2.15 bits per heavy atom. The van der Waals surface area contributed by atoms with Crippen molar-refractivity contribution in [1.29, 1.82) is 0 Å².